The van der Waals surface area contributed by atoms with Crippen molar-refractivity contribution in [2.24, 2.45) is 0 Å². The first kappa shape index (κ1) is 25.3. The Morgan fingerprint density at radius 3 is 2.35 bits per heavy atom. The van der Waals surface area contributed by atoms with Gasteiger partial charge in [-0.2, -0.15) is 5.10 Å². The molecule has 7 nitrogen and oxygen atoms in total. The van der Waals surface area contributed by atoms with Gasteiger partial charge in [0.15, 0.2) is 5.78 Å². The smallest absolute Gasteiger partial charge is 0.310 e. The minimum absolute atomic E-state index is 0.0145. The predicted octanol–water partition coefficient (Wildman–Crippen LogP) is 5.74. The number of para-hydroxylation sites is 1. The van der Waals surface area contributed by atoms with Crippen LogP contribution in [0.25, 0.3) is 23.0 Å². The Kier molecular flexibility index (Phi) is 7.97. The number of carbonyl (C=O) groups is 2. The Balaban J connectivity index is 2.18. The number of aliphatic carboxylic acids is 1. The van der Waals surface area contributed by atoms with Crippen LogP contribution in [0.2, 0.25) is 0 Å². The van der Waals surface area contributed by atoms with Gasteiger partial charge in [-0.15, -0.1) is 0 Å². The first-order valence-corrected chi connectivity index (χ1v) is 12.5. The number of carboxylic acids is 1. The Morgan fingerprint density at radius 1 is 1.15 bits per heavy atom. The second kappa shape index (κ2) is 10.7. The summed E-state index contributed by atoms with van der Waals surface area (Å²) in [5.74, 6) is -1.06. The first-order valence-electron chi connectivity index (χ1n) is 10.6. The maximum absolute atomic E-state index is 13.7. The Labute approximate surface area is 197 Å². The maximum atomic E-state index is 13.7. The average molecular weight is 484 g/mol. The predicted molar refractivity (Wildman–Crippen MR) is 129 cm³/mol. The van der Waals surface area contributed by atoms with Crippen LogP contribution in [-0.4, -0.2) is 39.9 Å². The molecule has 3 aromatic rings. The summed E-state index contributed by atoms with van der Waals surface area (Å²) in [6.45, 7) is 3.94. The molecule has 1 atom stereocenters. The van der Waals surface area contributed by atoms with E-state index in [1.54, 1.807) is 22.9 Å². The van der Waals surface area contributed by atoms with Crippen LogP contribution >= 0.6 is 7.37 Å². The van der Waals surface area contributed by atoms with Crippen molar-refractivity contribution in [3.63, 3.8) is 0 Å². The minimum atomic E-state index is -3.60. The highest BCUT2D eigenvalue weighted by Crippen LogP contribution is 2.49. The molecule has 0 saturated carbocycles. The molecule has 178 valence electrons. The number of nitrogens with zero attached hydrogens (tertiary/aromatic N) is 2. The van der Waals surface area contributed by atoms with E-state index in [2.05, 4.69) is 0 Å². The number of benzene rings is 2. The minimum Gasteiger partial charge on any atom is -0.481 e. The number of hydrogen-bond donors (Lipinski definition) is 1. The molecular weight excluding hydrogens is 458 g/mol. The molecule has 2 aromatic carbocycles. The highest BCUT2D eigenvalue weighted by Gasteiger charge is 2.26. The number of carbonyl (C=O) groups excluding carboxylic acids is 1. The number of carboxylic acid groups (broad SMARTS) is 1. The molecule has 0 aliphatic rings. The topological polar surface area (TPSA) is 98.5 Å². The van der Waals surface area contributed by atoms with Gasteiger partial charge >= 0.3 is 5.97 Å². The van der Waals surface area contributed by atoms with E-state index in [-0.39, 0.29) is 11.7 Å². The zero-order valence-corrected chi connectivity index (χ0v) is 20.0. The van der Waals surface area contributed by atoms with E-state index in [9.17, 15) is 18.5 Å². The quantitative estimate of drug-likeness (QED) is 0.291. The molecule has 1 unspecified atom stereocenters. The normalized spacial score (nSPS) is 13.3. The monoisotopic (exact) mass is 484 g/mol. The van der Waals surface area contributed by atoms with Crippen molar-refractivity contribution in [2.45, 2.75) is 26.2 Å². The van der Waals surface area contributed by atoms with Gasteiger partial charge < -0.3 is 9.63 Å². The number of hydrogen-bond acceptors (Lipinski definition) is 5. The third kappa shape index (κ3) is 5.95. The van der Waals surface area contributed by atoms with Crippen LogP contribution in [0.15, 0.2) is 60.4 Å². The van der Waals surface area contributed by atoms with E-state index in [4.69, 9.17) is 14.7 Å². The van der Waals surface area contributed by atoms with E-state index in [1.165, 1.54) is 25.1 Å². The number of rotatable bonds is 10. The molecular formula is C25H26FN2O5P. The van der Waals surface area contributed by atoms with Crippen LogP contribution < -0.4 is 0 Å². The van der Waals surface area contributed by atoms with Crippen molar-refractivity contribution in [3.05, 3.63) is 77.5 Å². The van der Waals surface area contributed by atoms with Gasteiger partial charge in [-0.05, 0) is 48.4 Å². The standard InChI is InChI=1S/C25H26FN2O5P/c1-17(2)24-22(13-14-34(32,33-3)16-21(29)15-23(30)31)25(18-9-11-19(26)12-10-18)28(27-24)20-7-5-4-6-8-20/h4-14,17H,15-16H2,1-3H3,(H,30,31). The molecule has 34 heavy (non-hydrogen) atoms. The zero-order chi connectivity index (χ0) is 24.9. The molecule has 0 saturated heterocycles. The highest BCUT2D eigenvalue weighted by molar-refractivity contribution is 7.63. The molecule has 0 radical (unpaired) electrons. The van der Waals surface area contributed by atoms with Gasteiger partial charge in [-0.1, -0.05) is 32.0 Å². The van der Waals surface area contributed by atoms with Gasteiger partial charge in [0.25, 0.3) is 0 Å². The van der Waals surface area contributed by atoms with Crippen LogP contribution in [0.4, 0.5) is 4.39 Å². The van der Waals surface area contributed by atoms with Gasteiger partial charge in [0.1, 0.15) is 12.2 Å². The number of Topliss-reactive ketones (excluding diaryl/α,β-unsaturated/α-hetero) is 1. The van der Waals surface area contributed by atoms with E-state index >= 15 is 0 Å². The Morgan fingerprint density at radius 2 is 1.79 bits per heavy atom. The van der Waals surface area contributed by atoms with Gasteiger partial charge in [0, 0.05) is 24.1 Å². The van der Waals surface area contributed by atoms with E-state index in [0.717, 1.165) is 5.69 Å². The van der Waals surface area contributed by atoms with E-state index < -0.39 is 31.7 Å². The number of ketones is 1. The fraction of sp³-hybridized carbons (Fsp3) is 0.240. The first-order chi connectivity index (χ1) is 16.1. The van der Waals surface area contributed by atoms with E-state index in [0.29, 0.717) is 22.5 Å². The summed E-state index contributed by atoms with van der Waals surface area (Å²) in [4.78, 5) is 22.8. The lowest BCUT2D eigenvalue weighted by molar-refractivity contribution is -0.139. The van der Waals surface area contributed by atoms with Gasteiger partial charge in [-0.3, -0.25) is 14.2 Å². The molecule has 3 rings (SSSR count). The Bertz CT molecular complexity index is 1250. The van der Waals surface area contributed by atoms with Crippen molar-refractivity contribution in [3.8, 4) is 16.9 Å². The van der Waals surface area contributed by atoms with E-state index in [1.807, 2.05) is 44.2 Å². The third-order valence-electron chi connectivity index (χ3n) is 5.14. The second-order valence-corrected chi connectivity index (χ2v) is 10.5. The van der Waals surface area contributed by atoms with Gasteiger partial charge in [0.2, 0.25) is 7.37 Å². The van der Waals surface area contributed by atoms with Crippen LogP contribution in [0, 0.1) is 5.82 Å². The largest absolute Gasteiger partial charge is 0.481 e. The lowest BCUT2D eigenvalue weighted by Gasteiger charge is -2.12. The molecule has 0 spiro atoms. The number of aromatic nitrogens is 2. The molecule has 0 fully saturated rings. The van der Waals surface area contributed by atoms with Crippen LogP contribution in [0.1, 0.15) is 37.4 Å². The molecule has 1 N–H and O–H groups in total. The molecule has 1 heterocycles. The van der Waals surface area contributed by atoms with Crippen molar-refractivity contribution in [1.82, 2.24) is 9.78 Å². The second-order valence-electron chi connectivity index (χ2n) is 8.05. The van der Waals surface area contributed by atoms with Crippen molar-refractivity contribution < 1.29 is 28.2 Å². The molecule has 1 aromatic heterocycles. The molecule has 0 amide bonds. The van der Waals surface area contributed by atoms with Gasteiger partial charge in [-0.25, -0.2) is 9.07 Å². The lowest BCUT2D eigenvalue weighted by Crippen LogP contribution is -2.11. The highest BCUT2D eigenvalue weighted by atomic mass is 31.2. The molecule has 9 heteroatoms. The summed E-state index contributed by atoms with van der Waals surface area (Å²) in [6.07, 6.45) is 0.339. The summed E-state index contributed by atoms with van der Waals surface area (Å²) in [5.41, 5.74) is 3.49. The fourth-order valence-electron chi connectivity index (χ4n) is 3.52. The number of halogens is 1. The van der Waals surface area contributed by atoms with Crippen molar-refractivity contribution >= 4 is 25.2 Å². The maximum Gasteiger partial charge on any atom is 0.310 e. The molecule has 0 bridgehead atoms. The fourth-order valence-corrected chi connectivity index (χ4v) is 4.85. The van der Waals surface area contributed by atoms with Crippen LogP contribution in [0.5, 0.6) is 0 Å². The SMILES string of the molecule is COP(=O)(C=Cc1c(C(C)C)nn(-c2ccccc2)c1-c1ccc(F)cc1)CC(=O)CC(=O)O. The van der Waals surface area contributed by atoms with Gasteiger partial charge in [0.05, 0.1) is 23.2 Å². The van der Waals surface area contributed by atoms with Crippen molar-refractivity contribution in [2.75, 3.05) is 13.3 Å². The summed E-state index contributed by atoms with van der Waals surface area (Å²) >= 11 is 0. The zero-order valence-electron chi connectivity index (χ0n) is 19.1. The summed E-state index contributed by atoms with van der Waals surface area (Å²) in [7, 11) is -2.38. The third-order valence-corrected chi connectivity index (χ3v) is 7.15. The van der Waals surface area contributed by atoms with Crippen LogP contribution in [-0.2, 0) is 18.7 Å². The Hall–Kier alpha value is -3.35. The average Bonchev–Trinajstić information content (AvgIpc) is 3.18. The summed E-state index contributed by atoms with van der Waals surface area (Å²) < 4.78 is 33.7. The molecule has 0 aliphatic heterocycles. The molecule has 0 aliphatic carbocycles. The summed E-state index contributed by atoms with van der Waals surface area (Å²) in [5, 5.41) is 13.6. The lowest BCUT2D eigenvalue weighted by atomic mass is 10.00. The van der Waals surface area contributed by atoms with Crippen LogP contribution in [0.3, 0.4) is 0 Å². The summed E-state index contributed by atoms with van der Waals surface area (Å²) in [6, 6.07) is 15.4. The van der Waals surface area contributed by atoms with Crippen molar-refractivity contribution in [1.29, 1.82) is 0 Å².